The molecule has 130 valence electrons. The number of ether oxygens (including phenoxy) is 1. The number of aromatic nitrogens is 2. The van der Waals surface area contributed by atoms with Crippen LogP contribution in [-0.2, 0) is 11.3 Å². The molecule has 0 atom stereocenters. The number of benzene rings is 1. The van der Waals surface area contributed by atoms with Gasteiger partial charge in [-0.05, 0) is 42.5 Å². The highest BCUT2D eigenvalue weighted by Crippen LogP contribution is 2.22. The van der Waals surface area contributed by atoms with Gasteiger partial charge in [-0.15, -0.1) is 11.3 Å². The zero-order chi connectivity index (χ0) is 17.8. The Hall–Kier alpha value is -2.67. The molecule has 0 N–H and O–H groups in total. The lowest BCUT2D eigenvalue weighted by Gasteiger charge is -2.16. The van der Waals surface area contributed by atoms with Crippen LogP contribution >= 0.6 is 11.3 Å². The van der Waals surface area contributed by atoms with Crippen molar-refractivity contribution in [1.82, 2.24) is 15.0 Å². The number of amides is 1. The van der Waals surface area contributed by atoms with Crippen molar-refractivity contribution < 1.29 is 14.1 Å². The maximum atomic E-state index is 12.3. The fourth-order valence-corrected chi connectivity index (χ4v) is 2.90. The van der Waals surface area contributed by atoms with E-state index in [2.05, 4.69) is 10.1 Å². The van der Waals surface area contributed by atoms with E-state index in [9.17, 15) is 4.79 Å². The van der Waals surface area contributed by atoms with Gasteiger partial charge in [0.15, 0.2) is 6.61 Å². The maximum absolute atomic E-state index is 12.3. The molecular formula is C18H19N3O3S. The van der Waals surface area contributed by atoms with Crippen LogP contribution in [0.4, 0.5) is 0 Å². The number of likely N-dealkylation sites (N-methyl/N-ethyl adjacent to an activating group) is 1. The van der Waals surface area contributed by atoms with Crippen molar-refractivity contribution in [2.75, 3.05) is 13.7 Å². The van der Waals surface area contributed by atoms with Crippen LogP contribution in [0.3, 0.4) is 0 Å². The second kappa shape index (κ2) is 7.48. The zero-order valence-electron chi connectivity index (χ0n) is 14.4. The first-order valence-corrected chi connectivity index (χ1v) is 8.72. The lowest BCUT2D eigenvalue weighted by atomic mass is 10.1. The molecule has 0 aliphatic carbocycles. The van der Waals surface area contributed by atoms with Crippen molar-refractivity contribution in [3.63, 3.8) is 0 Å². The summed E-state index contributed by atoms with van der Waals surface area (Å²) < 4.78 is 10.9. The van der Waals surface area contributed by atoms with Gasteiger partial charge in [0.25, 0.3) is 5.91 Å². The molecule has 0 aliphatic rings. The molecule has 0 bridgehead atoms. The van der Waals surface area contributed by atoms with E-state index >= 15 is 0 Å². The van der Waals surface area contributed by atoms with E-state index in [4.69, 9.17) is 9.26 Å². The molecular weight excluding hydrogens is 338 g/mol. The highest BCUT2D eigenvalue weighted by molar-refractivity contribution is 7.13. The predicted molar refractivity (Wildman–Crippen MR) is 95.5 cm³/mol. The molecule has 3 aromatic rings. The Kier molecular flexibility index (Phi) is 5.14. The Morgan fingerprint density at radius 2 is 2.12 bits per heavy atom. The summed E-state index contributed by atoms with van der Waals surface area (Å²) in [5, 5.41) is 5.89. The largest absolute Gasteiger partial charge is 0.483 e. The first-order valence-electron chi connectivity index (χ1n) is 7.84. The average Bonchev–Trinajstić information content (AvgIpc) is 3.27. The topological polar surface area (TPSA) is 68.5 Å². The molecule has 0 saturated heterocycles. The summed E-state index contributed by atoms with van der Waals surface area (Å²) in [6, 6.07) is 9.64. The van der Waals surface area contributed by atoms with Crippen molar-refractivity contribution in [2.45, 2.75) is 20.4 Å². The lowest BCUT2D eigenvalue weighted by molar-refractivity contribution is -0.132. The van der Waals surface area contributed by atoms with Crippen LogP contribution in [0.5, 0.6) is 5.75 Å². The molecule has 0 aliphatic heterocycles. The second-order valence-electron chi connectivity index (χ2n) is 5.73. The van der Waals surface area contributed by atoms with Crippen LogP contribution in [0, 0.1) is 13.8 Å². The predicted octanol–water partition coefficient (Wildman–Crippen LogP) is 3.45. The zero-order valence-corrected chi connectivity index (χ0v) is 15.2. The number of carbonyl (C=O) groups is 1. The Morgan fingerprint density at radius 1 is 1.28 bits per heavy atom. The van der Waals surface area contributed by atoms with E-state index in [1.54, 1.807) is 7.05 Å². The Bertz CT molecular complexity index is 858. The van der Waals surface area contributed by atoms with Gasteiger partial charge in [-0.25, -0.2) is 0 Å². The second-order valence-corrected chi connectivity index (χ2v) is 6.67. The molecule has 2 aromatic heterocycles. The third-order valence-electron chi connectivity index (χ3n) is 3.91. The number of nitrogens with zero attached hydrogens (tertiary/aromatic N) is 3. The molecule has 6 nitrogen and oxygen atoms in total. The van der Waals surface area contributed by atoms with Gasteiger partial charge in [-0.3, -0.25) is 4.79 Å². The van der Waals surface area contributed by atoms with E-state index < -0.39 is 0 Å². The van der Waals surface area contributed by atoms with Crippen molar-refractivity contribution >= 4 is 17.2 Å². The van der Waals surface area contributed by atoms with Crippen LogP contribution in [0.15, 0.2) is 40.2 Å². The van der Waals surface area contributed by atoms with E-state index in [0.29, 0.717) is 11.7 Å². The molecule has 0 fully saturated rings. The summed E-state index contributed by atoms with van der Waals surface area (Å²) in [5.74, 6) is 1.50. The summed E-state index contributed by atoms with van der Waals surface area (Å²) in [4.78, 5) is 19.0. The minimum Gasteiger partial charge on any atom is -0.483 e. The molecule has 1 aromatic carbocycles. The molecule has 0 saturated carbocycles. The highest BCUT2D eigenvalue weighted by atomic mass is 32.1. The number of aryl methyl sites for hydroxylation is 1. The average molecular weight is 357 g/mol. The van der Waals surface area contributed by atoms with E-state index in [1.165, 1.54) is 16.2 Å². The van der Waals surface area contributed by atoms with Crippen molar-refractivity contribution in [2.24, 2.45) is 0 Å². The molecule has 7 heteroatoms. The minimum absolute atomic E-state index is 0.0350. The van der Waals surface area contributed by atoms with Gasteiger partial charge >= 0.3 is 0 Å². The highest BCUT2D eigenvalue weighted by Gasteiger charge is 2.16. The summed E-state index contributed by atoms with van der Waals surface area (Å²) in [6.45, 7) is 4.19. The fourth-order valence-electron chi connectivity index (χ4n) is 2.25. The van der Waals surface area contributed by atoms with E-state index in [-0.39, 0.29) is 19.1 Å². The number of thiophene rings is 1. The Balaban J connectivity index is 1.57. The quantitative estimate of drug-likeness (QED) is 0.676. The minimum atomic E-state index is -0.156. The van der Waals surface area contributed by atoms with Gasteiger partial charge in [0.1, 0.15) is 5.75 Å². The lowest BCUT2D eigenvalue weighted by Crippen LogP contribution is -2.31. The van der Waals surface area contributed by atoms with Crippen molar-refractivity contribution in [3.8, 4) is 16.5 Å². The molecule has 2 heterocycles. The SMILES string of the molecule is Cc1cccc(OCC(=O)N(C)Cc2nc(-c3cccs3)no2)c1C. The maximum Gasteiger partial charge on any atom is 0.260 e. The third-order valence-corrected chi connectivity index (χ3v) is 4.78. The van der Waals surface area contributed by atoms with Crippen molar-refractivity contribution in [1.29, 1.82) is 0 Å². The Morgan fingerprint density at radius 3 is 2.88 bits per heavy atom. The van der Waals surface area contributed by atoms with E-state index in [0.717, 1.165) is 21.8 Å². The van der Waals surface area contributed by atoms with Gasteiger partial charge in [-0.1, -0.05) is 23.4 Å². The van der Waals surface area contributed by atoms with Gasteiger partial charge in [0, 0.05) is 7.05 Å². The van der Waals surface area contributed by atoms with Gasteiger partial charge in [-0.2, -0.15) is 4.98 Å². The van der Waals surface area contributed by atoms with E-state index in [1.807, 2.05) is 49.6 Å². The fraction of sp³-hybridized carbons (Fsp3) is 0.278. The smallest absolute Gasteiger partial charge is 0.260 e. The summed E-state index contributed by atoms with van der Waals surface area (Å²) in [6.07, 6.45) is 0. The standard InChI is InChI=1S/C18H19N3O3S/c1-12-6-4-7-14(13(12)2)23-11-17(22)21(3)10-16-19-18(20-24-16)15-8-5-9-25-15/h4-9H,10-11H2,1-3H3. The van der Waals surface area contributed by atoms with Crippen LogP contribution in [0.1, 0.15) is 17.0 Å². The van der Waals surface area contributed by atoms with Crippen LogP contribution < -0.4 is 4.74 Å². The normalized spacial score (nSPS) is 10.7. The molecule has 1 amide bonds. The third kappa shape index (κ3) is 4.06. The van der Waals surface area contributed by atoms with Crippen LogP contribution in [0.2, 0.25) is 0 Å². The van der Waals surface area contributed by atoms with Gasteiger partial charge in [0.05, 0.1) is 11.4 Å². The first-order chi connectivity index (χ1) is 12.0. The van der Waals surface area contributed by atoms with Crippen molar-refractivity contribution in [3.05, 3.63) is 52.7 Å². The molecule has 3 rings (SSSR count). The first kappa shape index (κ1) is 17.2. The van der Waals surface area contributed by atoms with Crippen LogP contribution in [-0.4, -0.2) is 34.6 Å². The monoisotopic (exact) mass is 357 g/mol. The molecule has 25 heavy (non-hydrogen) atoms. The van der Waals surface area contributed by atoms with Gasteiger partial charge < -0.3 is 14.2 Å². The summed E-state index contributed by atoms with van der Waals surface area (Å²) in [5.41, 5.74) is 2.17. The summed E-state index contributed by atoms with van der Waals surface area (Å²) in [7, 11) is 1.68. The Labute approximate surface area is 150 Å². The number of hydrogen-bond acceptors (Lipinski definition) is 6. The van der Waals surface area contributed by atoms with Gasteiger partial charge in [0.2, 0.25) is 11.7 Å². The number of carbonyl (C=O) groups excluding carboxylic acids is 1. The van der Waals surface area contributed by atoms with Crippen LogP contribution in [0.25, 0.3) is 10.7 Å². The number of hydrogen-bond donors (Lipinski definition) is 0. The summed E-state index contributed by atoms with van der Waals surface area (Å²) >= 11 is 1.54. The molecule has 0 radical (unpaired) electrons. The molecule has 0 spiro atoms. The molecule has 0 unspecified atom stereocenters. The number of rotatable bonds is 6.